The zero-order chi connectivity index (χ0) is 10.6. The highest BCUT2D eigenvalue weighted by molar-refractivity contribution is 6.02. The van der Waals surface area contributed by atoms with Gasteiger partial charge >= 0.3 is 0 Å². The van der Waals surface area contributed by atoms with Crippen LogP contribution in [-0.4, -0.2) is 15.6 Å². The van der Waals surface area contributed by atoms with Crippen LogP contribution in [0.3, 0.4) is 0 Å². The van der Waals surface area contributed by atoms with E-state index in [0.717, 1.165) is 18.5 Å². The number of carbonyl (C=O) groups excluding carboxylic acids is 1. The van der Waals surface area contributed by atoms with Crippen LogP contribution in [0.15, 0.2) is 6.20 Å². The summed E-state index contributed by atoms with van der Waals surface area (Å²) in [4.78, 5) is 12.3. The zero-order valence-electron chi connectivity index (χ0n) is 9.29. The van der Waals surface area contributed by atoms with Crippen molar-refractivity contribution in [3.05, 3.63) is 17.5 Å². The summed E-state index contributed by atoms with van der Waals surface area (Å²) < 4.78 is 1.76. The van der Waals surface area contributed by atoms with Gasteiger partial charge in [0.2, 0.25) is 0 Å². The first kappa shape index (κ1) is 9.13. The van der Waals surface area contributed by atoms with Crippen LogP contribution in [0.25, 0.3) is 0 Å². The van der Waals surface area contributed by atoms with Gasteiger partial charge < -0.3 is 0 Å². The van der Waals surface area contributed by atoms with E-state index >= 15 is 0 Å². The Kier molecular flexibility index (Phi) is 1.65. The number of nitrogens with zero attached hydrogens (tertiary/aromatic N) is 2. The van der Waals surface area contributed by atoms with Crippen LogP contribution in [0, 0.1) is 5.41 Å². The molecule has 2 aliphatic rings. The highest BCUT2D eigenvalue weighted by Crippen LogP contribution is 2.50. The molecule has 2 saturated carbocycles. The van der Waals surface area contributed by atoms with Crippen molar-refractivity contribution in [3.63, 3.8) is 0 Å². The monoisotopic (exact) mass is 204 g/mol. The Balaban J connectivity index is 2.01. The fraction of sp³-hybridized carbons (Fsp3) is 0.667. The van der Waals surface area contributed by atoms with Crippen molar-refractivity contribution in [3.8, 4) is 0 Å². The summed E-state index contributed by atoms with van der Waals surface area (Å²) in [6.07, 6.45) is 6.42. The average molecular weight is 204 g/mol. The molecule has 15 heavy (non-hydrogen) atoms. The van der Waals surface area contributed by atoms with Crippen LogP contribution in [0.1, 0.15) is 54.6 Å². The molecule has 3 nitrogen and oxygen atoms in total. The molecule has 3 rings (SSSR count). The van der Waals surface area contributed by atoms with Gasteiger partial charge in [0.25, 0.3) is 0 Å². The molecule has 0 atom stereocenters. The van der Waals surface area contributed by atoms with E-state index in [9.17, 15) is 4.79 Å². The smallest absolute Gasteiger partial charge is 0.186 e. The molecule has 0 spiro atoms. The van der Waals surface area contributed by atoms with E-state index < -0.39 is 0 Å². The second kappa shape index (κ2) is 2.71. The third-order valence-corrected chi connectivity index (χ3v) is 3.75. The summed E-state index contributed by atoms with van der Waals surface area (Å²) in [5, 5.41) is 4.24. The number of aromatic nitrogens is 2. The quantitative estimate of drug-likeness (QED) is 0.708. The molecule has 2 aliphatic carbocycles. The minimum absolute atomic E-state index is 0.0720. The summed E-state index contributed by atoms with van der Waals surface area (Å²) in [5.41, 5.74) is 1.99. The highest BCUT2D eigenvalue weighted by atomic mass is 16.1. The first-order chi connectivity index (χ1) is 7.12. The standard InChI is InChI=1S/C12H16N2O/c1-12(5-6-12)11(15)10-9(8-3-4-8)7-13-14(10)2/h7-8H,3-6H2,1-2H3. The van der Waals surface area contributed by atoms with Crippen molar-refractivity contribution >= 4 is 5.78 Å². The Labute approximate surface area is 89.5 Å². The van der Waals surface area contributed by atoms with Gasteiger partial charge in [-0.05, 0) is 31.6 Å². The Morgan fingerprint density at radius 2 is 2.20 bits per heavy atom. The topological polar surface area (TPSA) is 34.9 Å². The van der Waals surface area contributed by atoms with Crippen molar-refractivity contribution in [2.45, 2.75) is 38.5 Å². The van der Waals surface area contributed by atoms with Crippen molar-refractivity contribution in [1.82, 2.24) is 9.78 Å². The van der Waals surface area contributed by atoms with Crippen molar-refractivity contribution in [2.75, 3.05) is 0 Å². The van der Waals surface area contributed by atoms with Crippen molar-refractivity contribution < 1.29 is 4.79 Å². The molecule has 0 aromatic carbocycles. The average Bonchev–Trinajstić information content (AvgIpc) is 3.09. The van der Waals surface area contributed by atoms with Gasteiger partial charge in [0.05, 0.1) is 6.20 Å². The molecule has 2 fully saturated rings. The summed E-state index contributed by atoms with van der Waals surface area (Å²) >= 11 is 0. The van der Waals surface area contributed by atoms with Gasteiger partial charge in [-0.3, -0.25) is 9.48 Å². The van der Waals surface area contributed by atoms with Crippen LogP contribution in [0.5, 0.6) is 0 Å². The maximum Gasteiger partial charge on any atom is 0.186 e. The van der Waals surface area contributed by atoms with E-state index in [1.165, 1.54) is 18.4 Å². The zero-order valence-corrected chi connectivity index (χ0v) is 9.29. The van der Waals surface area contributed by atoms with Crippen LogP contribution in [0.4, 0.5) is 0 Å². The van der Waals surface area contributed by atoms with Gasteiger partial charge in [0.15, 0.2) is 5.78 Å². The normalized spacial score (nSPS) is 22.8. The second-order valence-corrected chi connectivity index (χ2v) is 5.24. The Hall–Kier alpha value is -1.12. The number of carbonyl (C=O) groups is 1. The number of hydrogen-bond acceptors (Lipinski definition) is 2. The fourth-order valence-corrected chi connectivity index (χ4v) is 2.13. The van der Waals surface area contributed by atoms with E-state index in [-0.39, 0.29) is 5.41 Å². The van der Waals surface area contributed by atoms with Gasteiger partial charge in [0.1, 0.15) is 5.69 Å². The summed E-state index contributed by atoms with van der Waals surface area (Å²) in [7, 11) is 1.88. The van der Waals surface area contributed by atoms with Crippen molar-refractivity contribution in [2.24, 2.45) is 12.5 Å². The Bertz CT molecular complexity index is 425. The third-order valence-electron chi connectivity index (χ3n) is 3.75. The first-order valence-electron chi connectivity index (χ1n) is 5.68. The van der Waals surface area contributed by atoms with Gasteiger partial charge in [-0.1, -0.05) is 6.92 Å². The molecule has 0 amide bonds. The first-order valence-corrected chi connectivity index (χ1v) is 5.68. The lowest BCUT2D eigenvalue weighted by atomic mass is 9.97. The predicted molar refractivity (Wildman–Crippen MR) is 56.9 cm³/mol. The molecule has 0 aliphatic heterocycles. The van der Waals surface area contributed by atoms with Crippen LogP contribution >= 0.6 is 0 Å². The summed E-state index contributed by atoms with van der Waals surface area (Å²) in [6.45, 7) is 2.07. The molecule has 3 heteroatoms. The summed E-state index contributed by atoms with van der Waals surface area (Å²) in [6, 6.07) is 0. The van der Waals surface area contributed by atoms with Gasteiger partial charge in [0, 0.05) is 18.0 Å². The predicted octanol–water partition coefficient (Wildman–Crippen LogP) is 2.28. The van der Waals surface area contributed by atoms with Gasteiger partial charge in [-0.2, -0.15) is 5.10 Å². The van der Waals surface area contributed by atoms with E-state index in [2.05, 4.69) is 12.0 Å². The third kappa shape index (κ3) is 1.33. The Morgan fingerprint density at radius 3 is 2.73 bits per heavy atom. The number of Topliss-reactive ketones (excluding diaryl/α,β-unsaturated/α-hetero) is 1. The van der Waals surface area contributed by atoms with Crippen LogP contribution < -0.4 is 0 Å². The largest absolute Gasteiger partial charge is 0.292 e. The number of hydrogen-bond donors (Lipinski definition) is 0. The molecule has 0 N–H and O–H groups in total. The number of aryl methyl sites for hydroxylation is 1. The maximum absolute atomic E-state index is 12.3. The van der Waals surface area contributed by atoms with E-state index in [0.29, 0.717) is 11.7 Å². The van der Waals surface area contributed by atoms with Crippen LogP contribution in [0.2, 0.25) is 0 Å². The molecule has 0 saturated heterocycles. The van der Waals surface area contributed by atoms with Gasteiger partial charge in [-0.15, -0.1) is 0 Å². The molecule has 80 valence electrons. The molecular formula is C12H16N2O. The molecule has 0 radical (unpaired) electrons. The molecule has 1 heterocycles. The molecule has 0 unspecified atom stereocenters. The van der Waals surface area contributed by atoms with E-state index in [4.69, 9.17) is 0 Å². The van der Waals surface area contributed by atoms with Crippen LogP contribution in [-0.2, 0) is 7.05 Å². The minimum atomic E-state index is -0.0720. The lowest BCUT2D eigenvalue weighted by Crippen LogP contribution is -2.17. The molecular weight excluding hydrogens is 188 g/mol. The highest BCUT2D eigenvalue weighted by Gasteiger charge is 2.47. The maximum atomic E-state index is 12.3. The SMILES string of the molecule is Cn1ncc(C2CC2)c1C(=O)C1(C)CC1. The van der Waals surface area contributed by atoms with Crippen molar-refractivity contribution in [1.29, 1.82) is 0 Å². The lowest BCUT2D eigenvalue weighted by Gasteiger charge is -2.09. The van der Waals surface area contributed by atoms with E-state index in [1.807, 2.05) is 13.2 Å². The second-order valence-electron chi connectivity index (χ2n) is 5.24. The Morgan fingerprint density at radius 1 is 1.53 bits per heavy atom. The molecule has 1 aromatic heterocycles. The molecule has 1 aromatic rings. The summed E-state index contributed by atoms with van der Waals surface area (Å²) in [5.74, 6) is 0.921. The minimum Gasteiger partial charge on any atom is -0.292 e. The lowest BCUT2D eigenvalue weighted by molar-refractivity contribution is 0.0901. The number of ketones is 1. The fourth-order valence-electron chi connectivity index (χ4n) is 2.13. The number of rotatable bonds is 3. The van der Waals surface area contributed by atoms with Gasteiger partial charge in [-0.25, -0.2) is 0 Å². The van der Waals surface area contributed by atoms with E-state index in [1.54, 1.807) is 4.68 Å². The molecule has 0 bridgehead atoms.